The highest BCUT2D eigenvalue weighted by Gasteiger charge is 2.02. The van der Waals surface area contributed by atoms with E-state index in [0.717, 1.165) is 18.7 Å². The molecule has 0 bridgehead atoms. The van der Waals surface area contributed by atoms with Crippen LogP contribution >= 0.6 is 0 Å². The number of benzene rings is 1. The van der Waals surface area contributed by atoms with Gasteiger partial charge in [-0.2, -0.15) is 0 Å². The van der Waals surface area contributed by atoms with Gasteiger partial charge in [0, 0.05) is 24.0 Å². The van der Waals surface area contributed by atoms with Crippen LogP contribution in [0.2, 0.25) is 0 Å². The predicted molar refractivity (Wildman–Crippen MR) is 58.1 cm³/mol. The van der Waals surface area contributed by atoms with Gasteiger partial charge in [-0.3, -0.25) is 0 Å². The molecule has 2 heteroatoms. The summed E-state index contributed by atoms with van der Waals surface area (Å²) in [6, 6.07) is 8.05. The van der Waals surface area contributed by atoms with E-state index in [2.05, 4.69) is 18.0 Å². The van der Waals surface area contributed by atoms with Crippen LogP contribution in [0.15, 0.2) is 47.6 Å². The van der Waals surface area contributed by atoms with Gasteiger partial charge >= 0.3 is 0 Å². The number of para-hydroxylation sites is 1. The molecule has 0 aliphatic rings. The average molecular weight is 187 g/mol. The minimum absolute atomic E-state index is 0.819. The Morgan fingerprint density at radius 1 is 1.36 bits per heavy atom. The van der Waals surface area contributed by atoms with E-state index in [9.17, 15) is 0 Å². The highest BCUT2D eigenvalue weighted by atomic mass is 16.3. The summed E-state index contributed by atoms with van der Waals surface area (Å²) < 4.78 is 5.41. The van der Waals surface area contributed by atoms with Gasteiger partial charge in [-0.1, -0.05) is 24.3 Å². The number of furan rings is 1. The second-order valence-electron chi connectivity index (χ2n) is 3.18. The lowest BCUT2D eigenvalue weighted by atomic mass is 10.2. The van der Waals surface area contributed by atoms with Crippen LogP contribution < -0.4 is 5.32 Å². The molecule has 0 saturated heterocycles. The monoisotopic (exact) mass is 187 g/mol. The minimum Gasteiger partial charge on any atom is -0.464 e. The van der Waals surface area contributed by atoms with Gasteiger partial charge in [-0.15, -0.1) is 6.58 Å². The van der Waals surface area contributed by atoms with Crippen LogP contribution in [0.4, 0.5) is 0 Å². The fraction of sp³-hybridized carbons (Fsp3) is 0.167. The zero-order chi connectivity index (χ0) is 9.80. The Hall–Kier alpha value is -1.54. The Kier molecular flexibility index (Phi) is 2.65. The molecule has 0 aliphatic heterocycles. The third kappa shape index (κ3) is 1.70. The molecule has 14 heavy (non-hydrogen) atoms. The van der Waals surface area contributed by atoms with Crippen molar-refractivity contribution in [3.63, 3.8) is 0 Å². The molecule has 0 radical (unpaired) electrons. The Labute approximate surface area is 83.2 Å². The third-order valence-corrected chi connectivity index (χ3v) is 2.17. The highest BCUT2D eigenvalue weighted by Crippen LogP contribution is 2.20. The third-order valence-electron chi connectivity index (χ3n) is 2.17. The largest absolute Gasteiger partial charge is 0.464 e. The summed E-state index contributed by atoms with van der Waals surface area (Å²) in [5.74, 6) is 0. The SMILES string of the molecule is C=CCNCc1coc2ccccc12. The zero-order valence-corrected chi connectivity index (χ0v) is 7.99. The fourth-order valence-corrected chi connectivity index (χ4v) is 1.48. The standard InChI is InChI=1S/C12H13NO/c1-2-7-13-8-10-9-14-12-6-4-3-5-11(10)12/h2-6,9,13H,1,7-8H2. The van der Waals surface area contributed by atoms with Crippen LogP contribution in [0.5, 0.6) is 0 Å². The lowest BCUT2D eigenvalue weighted by Gasteiger charge is -1.98. The first-order valence-electron chi connectivity index (χ1n) is 4.68. The van der Waals surface area contributed by atoms with Gasteiger partial charge in [0.05, 0.1) is 6.26 Å². The highest BCUT2D eigenvalue weighted by molar-refractivity contribution is 5.80. The van der Waals surface area contributed by atoms with Gasteiger partial charge in [-0.05, 0) is 6.07 Å². The Balaban J connectivity index is 2.20. The first-order valence-corrected chi connectivity index (χ1v) is 4.68. The van der Waals surface area contributed by atoms with Crippen molar-refractivity contribution in [2.45, 2.75) is 6.54 Å². The maximum atomic E-state index is 5.41. The summed E-state index contributed by atoms with van der Waals surface area (Å²) in [6.45, 7) is 5.30. The molecule has 0 spiro atoms. The number of hydrogen-bond donors (Lipinski definition) is 1. The molecule has 0 aliphatic carbocycles. The average Bonchev–Trinajstić information content (AvgIpc) is 2.63. The first kappa shape index (κ1) is 9.03. The van der Waals surface area contributed by atoms with Crippen molar-refractivity contribution in [3.05, 3.63) is 48.7 Å². The molecule has 1 aromatic heterocycles. The van der Waals surface area contributed by atoms with Gasteiger partial charge in [-0.25, -0.2) is 0 Å². The summed E-state index contributed by atoms with van der Waals surface area (Å²) in [6.07, 6.45) is 3.66. The quantitative estimate of drug-likeness (QED) is 0.588. The molecule has 1 aromatic carbocycles. The van der Waals surface area contributed by atoms with Crippen LogP contribution in [-0.2, 0) is 6.54 Å². The second kappa shape index (κ2) is 4.11. The first-order chi connectivity index (χ1) is 6.92. The van der Waals surface area contributed by atoms with Gasteiger partial charge in [0.25, 0.3) is 0 Å². The van der Waals surface area contributed by atoms with E-state index in [1.54, 1.807) is 6.26 Å². The smallest absolute Gasteiger partial charge is 0.134 e. The zero-order valence-electron chi connectivity index (χ0n) is 7.99. The second-order valence-corrected chi connectivity index (χ2v) is 3.18. The van der Waals surface area contributed by atoms with E-state index >= 15 is 0 Å². The number of hydrogen-bond acceptors (Lipinski definition) is 2. The van der Waals surface area contributed by atoms with E-state index in [4.69, 9.17) is 4.42 Å². The van der Waals surface area contributed by atoms with Crippen molar-refractivity contribution in [2.24, 2.45) is 0 Å². The van der Waals surface area contributed by atoms with E-state index in [1.165, 1.54) is 10.9 Å². The lowest BCUT2D eigenvalue weighted by molar-refractivity contribution is 0.606. The molecule has 0 atom stereocenters. The Morgan fingerprint density at radius 2 is 2.21 bits per heavy atom. The van der Waals surface area contributed by atoms with E-state index < -0.39 is 0 Å². The normalized spacial score (nSPS) is 10.6. The molecule has 0 saturated carbocycles. The van der Waals surface area contributed by atoms with Crippen molar-refractivity contribution in [1.29, 1.82) is 0 Å². The van der Waals surface area contributed by atoms with Crippen molar-refractivity contribution >= 4 is 11.0 Å². The molecular weight excluding hydrogens is 174 g/mol. The molecule has 2 nitrogen and oxygen atoms in total. The summed E-state index contributed by atoms with van der Waals surface area (Å²) in [7, 11) is 0. The summed E-state index contributed by atoms with van der Waals surface area (Å²) in [5, 5.41) is 4.44. The molecule has 0 amide bonds. The molecule has 1 N–H and O–H groups in total. The van der Waals surface area contributed by atoms with Crippen LogP contribution in [0.1, 0.15) is 5.56 Å². The number of fused-ring (bicyclic) bond motifs is 1. The van der Waals surface area contributed by atoms with E-state index in [1.807, 2.05) is 24.3 Å². The summed E-state index contributed by atoms with van der Waals surface area (Å²) in [5.41, 5.74) is 2.14. The number of rotatable bonds is 4. The van der Waals surface area contributed by atoms with Crippen LogP contribution in [0.25, 0.3) is 11.0 Å². The van der Waals surface area contributed by atoms with Gasteiger partial charge in [0.2, 0.25) is 0 Å². The predicted octanol–water partition coefficient (Wildman–Crippen LogP) is 2.71. The maximum Gasteiger partial charge on any atom is 0.134 e. The van der Waals surface area contributed by atoms with Crippen molar-refractivity contribution in [2.75, 3.05) is 6.54 Å². The lowest BCUT2D eigenvalue weighted by Crippen LogP contribution is -2.11. The maximum absolute atomic E-state index is 5.41. The molecule has 2 aromatic rings. The van der Waals surface area contributed by atoms with Gasteiger partial charge in [0.15, 0.2) is 0 Å². The Bertz CT molecular complexity index is 431. The summed E-state index contributed by atoms with van der Waals surface area (Å²) >= 11 is 0. The Morgan fingerprint density at radius 3 is 3.07 bits per heavy atom. The van der Waals surface area contributed by atoms with Crippen LogP contribution in [0.3, 0.4) is 0 Å². The van der Waals surface area contributed by atoms with Crippen LogP contribution in [0, 0.1) is 0 Å². The van der Waals surface area contributed by atoms with E-state index in [0.29, 0.717) is 0 Å². The van der Waals surface area contributed by atoms with Crippen molar-refractivity contribution < 1.29 is 4.42 Å². The molecular formula is C12H13NO. The molecule has 2 rings (SSSR count). The van der Waals surface area contributed by atoms with Gasteiger partial charge in [0.1, 0.15) is 5.58 Å². The topological polar surface area (TPSA) is 25.2 Å². The van der Waals surface area contributed by atoms with Gasteiger partial charge < -0.3 is 9.73 Å². The number of nitrogens with one attached hydrogen (secondary N) is 1. The van der Waals surface area contributed by atoms with Crippen molar-refractivity contribution in [3.8, 4) is 0 Å². The minimum atomic E-state index is 0.819. The van der Waals surface area contributed by atoms with E-state index in [-0.39, 0.29) is 0 Å². The van der Waals surface area contributed by atoms with Crippen LogP contribution in [-0.4, -0.2) is 6.54 Å². The van der Waals surface area contributed by atoms with Crippen molar-refractivity contribution in [1.82, 2.24) is 5.32 Å². The summed E-state index contributed by atoms with van der Waals surface area (Å²) in [4.78, 5) is 0. The molecule has 1 heterocycles. The fourth-order valence-electron chi connectivity index (χ4n) is 1.48. The molecule has 0 fully saturated rings. The molecule has 0 unspecified atom stereocenters. The molecule has 72 valence electrons.